The average molecular weight is 181 g/mol. The van der Waals surface area contributed by atoms with Crippen LogP contribution in [0.4, 0.5) is 17.6 Å². The zero-order valence-electron chi connectivity index (χ0n) is 6.32. The fraction of sp³-hybridized carbons (Fsp3) is 0.286. The molecule has 0 amide bonds. The van der Waals surface area contributed by atoms with Gasteiger partial charge in [-0.25, -0.2) is 4.39 Å². The van der Waals surface area contributed by atoms with Crippen LogP contribution >= 0.6 is 0 Å². The lowest BCUT2D eigenvalue weighted by atomic mass is 10.3. The summed E-state index contributed by atoms with van der Waals surface area (Å²) in [4.78, 5) is 2.71. The monoisotopic (exact) mass is 181 g/mol. The lowest BCUT2D eigenvalue weighted by Gasteiger charge is -2.03. The predicted octanol–water partition coefficient (Wildman–Crippen LogP) is 3.01. The van der Waals surface area contributed by atoms with E-state index in [1.54, 1.807) is 0 Å². The summed E-state index contributed by atoms with van der Waals surface area (Å²) in [5.41, 5.74) is -1.21. The van der Waals surface area contributed by atoms with Gasteiger partial charge in [-0.15, -0.1) is 0 Å². The Morgan fingerprint density at radius 3 is 2.08 bits per heavy atom. The van der Waals surface area contributed by atoms with Gasteiger partial charge in [-0.3, -0.25) is 4.99 Å². The number of alkyl halides is 3. The first-order chi connectivity index (χ1) is 5.38. The first-order valence-corrected chi connectivity index (χ1v) is 2.96. The lowest BCUT2D eigenvalue weighted by Crippen LogP contribution is -2.09. The van der Waals surface area contributed by atoms with Crippen molar-refractivity contribution in [2.24, 2.45) is 4.99 Å². The molecule has 0 saturated carbocycles. The van der Waals surface area contributed by atoms with Crippen molar-refractivity contribution in [1.82, 2.24) is 0 Å². The van der Waals surface area contributed by atoms with E-state index in [0.717, 1.165) is 6.92 Å². The molecule has 1 nitrogen and oxygen atoms in total. The Morgan fingerprint density at radius 1 is 1.33 bits per heavy atom. The van der Waals surface area contributed by atoms with Gasteiger partial charge in [-0.1, -0.05) is 0 Å². The summed E-state index contributed by atoms with van der Waals surface area (Å²) in [6.45, 7) is 3.75. The van der Waals surface area contributed by atoms with Gasteiger partial charge in [0.25, 0.3) is 0 Å². The van der Waals surface area contributed by atoms with Crippen molar-refractivity contribution in [3.05, 3.63) is 23.7 Å². The maximum absolute atomic E-state index is 12.0. The summed E-state index contributed by atoms with van der Waals surface area (Å²) in [6, 6.07) is 0. The molecule has 0 aromatic carbocycles. The second kappa shape index (κ2) is 4.04. The van der Waals surface area contributed by atoms with E-state index < -0.39 is 17.7 Å². The molecular formula is C7H7F4N. The van der Waals surface area contributed by atoms with E-state index in [4.69, 9.17) is 0 Å². The fourth-order valence-corrected chi connectivity index (χ4v) is 0.431. The zero-order chi connectivity index (χ0) is 9.78. The molecule has 0 N–H and O–H groups in total. The van der Waals surface area contributed by atoms with Crippen molar-refractivity contribution in [1.29, 1.82) is 0 Å². The normalized spacial score (nSPS) is 14.8. The molecule has 5 heteroatoms. The highest BCUT2D eigenvalue weighted by Crippen LogP contribution is 2.26. The number of halogens is 4. The van der Waals surface area contributed by atoms with E-state index in [-0.39, 0.29) is 0 Å². The van der Waals surface area contributed by atoms with Gasteiger partial charge in [0.05, 0.1) is 5.83 Å². The molecule has 0 aliphatic carbocycles. The Labute approximate surface area is 67.1 Å². The molecular weight excluding hydrogens is 174 g/mol. The molecule has 0 spiro atoms. The fourth-order valence-electron chi connectivity index (χ4n) is 0.431. The van der Waals surface area contributed by atoms with Crippen LogP contribution in [0.5, 0.6) is 0 Å². The number of allylic oxidation sites excluding steroid dienone is 4. The highest BCUT2D eigenvalue weighted by Gasteiger charge is 2.32. The Kier molecular flexibility index (Phi) is 3.66. The Bertz CT molecular complexity index is 220. The number of aliphatic imine (C=N–C) groups is 1. The maximum Gasteiger partial charge on any atom is 0.433 e. The summed E-state index contributed by atoms with van der Waals surface area (Å²) < 4.78 is 47.4. The highest BCUT2D eigenvalue weighted by molar-refractivity contribution is 5.32. The van der Waals surface area contributed by atoms with Crippen LogP contribution in [0.3, 0.4) is 0 Å². The van der Waals surface area contributed by atoms with Crippen molar-refractivity contribution in [2.75, 3.05) is 0 Å². The maximum atomic E-state index is 12.0. The van der Waals surface area contributed by atoms with Crippen molar-refractivity contribution in [3.63, 3.8) is 0 Å². The van der Waals surface area contributed by atoms with Crippen LogP contribution in [0.15, 0.2) is 28.7 Å². The molecule has 0 heterocycles. The molecule has 0 fully saturated rings. The summed E-state index contributed by atoms with van der Waals surface area (Å²) in [5.74, 6) is -0.722. The second-order valence-corrected chi connectivity index (χ2v) is 1.96. The second-order valence-electron chi connectivity index (χ2n) is 1.96. The van der Waals surface area contributed by atoms with E-state index in [9.17, 15) is 17.6 Å². The van der Waals surface area contributed by atoms with Crippen LogP contribution in [0.2, 0.25) is 0 Å². The minimum atomic E-state index is -4.58. The van der Waals surface area contributed by atoms with E-state index in [1.165, 1.54) is 0 Å². The van der Waals surface area contributed by atoms with Crippen LogP contribution in [0.1, 0.15) is 6.92 Å². The molecule has 0 aromatic heterocycles. The number of rotatable bonds is 2. The third kappa shape index (κ3) is 3.90. The van der Waals surface area contributed by atoms with Crippen LogP contribution in [-0.2, 0) is 0 Å². The third-order valence-electron chi connectivity index (χ3n) is 0.932. The van der Waals surface area contributed by atoms with Crippen LogP contribution < -0.4 is 0 Å². The van der Waals surface area contributed by atoms with Gasteiger partial charge in [0.1, 0.15) is 5.70 Å². The Hall–Kier alpha value is -1.13. The molecule has 0 rings (SSSR count). The van der Waals surface area contributed by atoms with Crippen molar-refractivity contribution in [3.8, 4) is 0 Å². The van der Waals surface area contributed by atoms with Crippen LogP contribution in [0, 0.1) is 0 Å². The van der Waals surface area contributed by atoms with Gasteiger partial charge in [0.15, 0.2) is 0 Å². The molecule has 0 bridgehead atoms. The Balaban J connectivity index is 4.68. The van der Waals surface area contributed by atoms with Gasteiger partial charge in [-0.2, -0.15) is 13.2 Å². The van der Waals surface area contributed by atoms with Gasteiger partial charge >= 0.3 is 6.18 Å². The molecule has 12 heavy (non-hydrogen) atoms. The summed E-state index contributed by atoms with van der Waals surface area (Å²) in [6.07, 6.45) is -3.37. The first-order valence-electron chi connectivity index (χ1n) is 2.96. The zero-order valence-corrected chi connectivity index (χ0v) is 6.32. The van der Waals surface area contributed by atoms with Gasteiger partial charge in [-0.05, 0) is 25.8 Å². The molecule has 0 unspecified atom stereocenters. The molecule has 0 aliphatic rings. The van der Waals surface area contributed by atoms with Crippen LogP contribution in [0.25, 0.3) is 0 Å². The average Bonchev–Trinajstić information content (AvgIpc) is 1.85. The summed E-state index contributed by atoms with van der Waals surface area (Å²) in [7, 11) is 0. The van der Waals surface area contributed by atoms with Crippen molar-refractivity contribution < 1.29 is 17.6 Å². The van der Waals surface area contributed by atoms with E-state index in [0.29, 0.717) is 12.2 Å². The largest absolute Gasteiger partial charge is 0.433 e. The summed E-state index contributed by atoms with van der Waals surface area (Å²) in [5, 5.41) is 0. The van der Waals surface area contributed by atoms with Gasteiger partial charge < -0.3 is 0 Å². The molecule has 0 aromatic rings. The van der Waals surface area contributed by atoms with E-state index >= 15 is 0 Å². The standard InChI is InChI=1S/C7H7F4N/c1-5(8)3-4-6(12-2)7(9,10)11/h3-4H,2H2,1H3/b5-3+,6-4-. The van der Waals surface area contributed by atoms with Crippen molar-refractivity contribution >= 4 is 6.72 Å². The third-order valence-corrected chi connectivity index (χ3v) is 0.932. The lowest BCUT2D eigenvalue weighted by molar-refractivity contribution is -0.0922. The number of hydrogen-bond acceptors (Lipinski definition) is 1. The van der Waals surface area contributed by atoms with Crippen molar-refractivity contribution in [2.45, 2.75) is 13.1 Å². The van der Waals surface area contributed by atoms with E-state index in [2.05, 4.69) is 11.7 Å². The topological polar surface area (TPSA) is 12.4 Å². The molecule has 0 saturated heterocycles. The minimum absolute atomic E-state index is 0.530. The minimum Gasteiger partial charge on any atom is -0.260 e. The van der Waals surface area contributed by atoms with E-state index in [1.807, 2.05) is 0 Å². The smallest absolute Gasteiger partial charge is 0.260 e. The van der Waals surface area contributed by atoms with Gasteiger partial charge in [0, 0.05) is 0 Å². The number of hydrogen-bond donors (Lipinski definition) is 0. The SMILES string of the molecule is C=N/C(=C\C=C(/C)F)C(F)(F)F. The Morgan fingerprint density at radius 2 is 1.83 bits per heavy atom. The number of nitrogens with zero attached hydrogens (tertiary/aromatic N) is 1. The molecule has 68 valence electrons. The molecule has 0 atom stereocenters. The predicted molar refractivity (Wildman–Crippen MR) is 38.6 cm³/mol. The van der Waals surface area contributed by atoms with Crippen LogP contribution in [-0.4, -0.2) is 12.9 Å². The highest BCUT2D eigenvalue weighted by atomic mass is 19.4. The first kappa shape index (κ1) is 10.9. The summed E-state index contributed by atoms with van der Waals surface area (Å²) >= 11 is 0. The molecule has 0 radical (unpaired) electrons. The quantitative estimate of drug-likeness (QED) is 0.352. The molecule has 0 aliphatic heterocycles. The van der Waals surface area contributed by atoms with Gasteiger partial charge in [0.2, 0.25) is 0 Å².